The molecule has 0 aliphatic heterocycles. The predicted molar refractivity (Wildman–Crippen MR) is 84.6 cm³/mol. The Morgan fingerprint density at radius 2 is 2.10 bits per heavy atom. The Balaban J connectivity index is 0.00000361. The van der Waals surface area contributed by atoms with Gasteiger partial charge in [-0.3, -0.25) is 4.79 Å². The summed E-state index contributed by atoms with van der Waals surface area (Å²) in [5.74, 6) is 0.641. The number of amides is 1. The highest BCUT2D eigenvalue weighted by Gasteiger charge is 2.19. The maximum absolute atomic E-state index is 12.0. The molecule has 0 heterocycles. The molecule has 0 radical (unpaired) electrons. The van der Waals surface area contributed by atoms with Crippen molar-refractivity contribution in [2.75, 3.05) is 13.1 Å². The van der Waals surface area contributed by atoms with E-state index in [9.17, 15) is 4.79 Å². The van der Waals surface area contributed by atoms with Gasteiger partial charge in [-0.15, -0.1) is 12.4 Å². The van der Waals surface area contributed by atoms with Gasteiger partial charge >= 0.3 is 0 Å². The number of carbonyl (C=O) groups excluding carboxylic acids is 1. The number of carbonyl (C=O) groups is 1. The van der Waals surface area contributed by atoms with Crippen LogP contribution in [0.5, 0.6) is 5.75 Å². The smallest absolute Gasteiger partial charge is 0.261 e. The molecule has 0 fully saturated rings. The van der Waals surface area contributed by atoms with E-state index in [1.165, 1.54) is 0 Å². The maximum atomic E-state index is 12.0. The van der Waals surface area contributed by atoms with E-state index in [0.717, 1.165) is 0 Å². The number of rotatable bonds is 7. The third kappa shape index (κ3) is 5.99. The SMILES string of the molecule is CCC(Oc1ccccc1Cl)C(=O)NCC(C)CN.Cl. The molecule has 1 aromatic rings. The highest BCUT2D eigenvalue weighted by Crippen LogP contribution is 2.24. The largest absolute Gasteiger partial charge is 0.479 e. The number of nitrogens with one attached hydrogen (secondary N) is 1. The van der Waals surface area contributed by atoms with Crippen molar-refractivity contribution < 1.29 is 9.53 Å². The molecule has 1 rings (SSSR count). The fraction of sp³-hybridized carbons (Fsp3) is 0.500. The molecule has 3 N–H and O–H groups in total. The van der Waals surface area contributed by atoms with E-state index in [2.05, 4.69) is 5.32 Å². The summed E-state index contributed by atoms with van der Waals surface area (Å²) in [5.41, 5.74) is 5.51. The Labute approximate surface area is 131 Å². The zero-order valence-corrected chi connectivity index (χ0v) is 13.3. The quantitative estimate of drug-likeness (QED) is 0.811. The molecular formula is C14H22Cl2N2O2. The average Bonchev–Trinajstić information content (AvgIpc) is 2.43. The number of para-hydroxylation sites is 1. The first-order valence-electron chi connectivity index (χ1n) is 6.47. The van der Waals surface area contributed by atoms with Gasteiger partial charge in [-0.1, -0.05) is 37.6 Å². The molecule has 0 aliphatic carbocycles. The number of hydrogen-bond donors (Lipinski definition) is 2. The van der Waals surface area contributed by atoms with Gasteiger partial charge in [0, 0.05) is 6.54 Å². The van der Waals surface area contributed by atoms with Gasteiger partial charge in [-0.2, -0.15) is 0 Å². The van der Waals surface area contributed by atoms with Crippen molar-refractivity contribution in [2.24, 2.45) is 11.7 Å². The lowest BCUT2D eigenvalue weighted by atomic mass is 10.2. The summed E-state index contributed by atoms with van der Waals surface area (Å²) in [4.78, 5) is 12.0. The number of halogens is 2. The lowest BCUT2D eigenvalue weighted by molar-refractivity contribution is -0.128. The molecule has 20 heavy (non-hydrogen) atoms. The van der Waals surface area contributed by atoms with E-state index < -0.39 is 6.10 Å². The van der Waals surface area contributed by atoms with E-state index >= 15 is 0 Å². The van der Waals surface area contributed by atoms with Crippen LogP contribution in [-0.4, -0.2) is 25.1 Å². The Bertz CT molecular complexity index is 416. The van der Waals surface area contributed by atoms with Gasteiger partial charge < -0.3 is 15.8 Å². The fourth-order valence-corrected chi connectivity index (χ4v) is 1.67. The summed E-state index contributed by atoms with van der Waals surface area (Å²) < 4.78 is 5.65. The molecule has 0 spiro atoms. The van der Waals surface area contributed by atoms with Crippen LogP contribution >= 0.6 is 24.0 Å². The summed E-state index contributed by atoms with van der Waals surface area (Å²) in [6, 6.07) is 7.13. The standard InChI is InChI=1S/C14H21ClN2O2.ClH/c1-3-12(14(18)17-9-10(2)8-16)19-13-7-5-4-6-11(13)15;/h4-7,10,12H,3,8-9,16H2,1-2H3,(H,17,18);1H. The van der Waals surface area contributed by atoms with E-state index in [4.69, 9.17) is 22.1 Å². The summed E-state index contributed by atoms with van der Waals surface area (Å²) in [7, 11) is 0. The van der Waals surface area contributed by atoms with Crippen LogP contribution in [0.25, 0.3) is 0 Å². The number of hydrogen-bond acceptors (Lipinski definition) is 3. The molecule has 0 aliphatic rings. The molecule has 0 aromatic heterocycles. The number of ether oxygens (including phenoxy) is 1. The van der Waals surface area contributed by atoms with Crippen LogP contribution in [-0.2, 0) is 4.79 Å². The van der Waals surface area contributed by atoms with Gasteiger partial charge in [0.05, 0.1) is 5.02 Å². The van der Waals surface area contributed by atoms with E-state index in [-0.39, 0.29) is 24.2 Å². The highest BCUT2D eigenvalue weighted by atomic mass is 35.5. The van der Waals surface area contributed by atoms with Gasteiger partial charge in [0.15, 0.2) is 6.10 Å². The summed E-state index contributed by atoms with van der Waals surface area (Å²) in [6.45, 7) is 4.98. The molecular weight excluding hydrogens is 299 g/mol. The normalized spacial score (nSPS) is 13.0. The molecule has 2 atom stereocenters. The van der Waals surface area contributed by atoms with Crippen molar-refractivity contribution in [2.45, 2.75) is 26.4 Å². The van der Waals surface area contributed by atoms with Crippen molar-refractivity contribution in [1.29, 1.82) is 0 Å². The lowest BCUT2D eigenvalue weighted by Crippen LogP contribution is -2.40. The van der Waals surface area contributed by atoms with Crippen LogP contribution < -0.4 is 15.8 Å². The molecule has 0 saturated carbocycles. The third-order valence-corrected chi connectivity index (χ3v) is 3.11. The number of nitrogens with two attached hydrogens (primary N) is 1. The van der Waals surface area contributed by atoms with Crippen LogP contribution in [0.1, 0.15) is 20.3 Å². The summed E-state index contributed by atoms with van der Waals surface area (Å²) in [6.07, 6.45) is 0.0403. The Hall–Kier alpha value is -0.970. The van der Waals surface area contributed by atoms with Crippen molar-refractivity contribution in [3.05, 3.63) is 29.3 Å². The first-order valence-corrected chi connectivity index (χ1v) is 6.85. The number of benzene rings is 1. The van der Waals surface area contributed by atoms with E-state index in [0.29, 0.717) is 30.3 Å². The van der Waals surface area contributed by atoms with Gasteiger partial charge in [-0.25, -0.2) is 0 Å². The maximum Gasteiger partial charge on any atom is 0.261 e. The Morgan fingerprint density at radius 3 is 2.65 bits per heavy atom. The molecule has 6 heteroatoms. The van der Waals surface area contributed by atoms with Crippen LogP contribution in [0.2, 0.25) is 5.02 Å². The molecule has 1 amide bonds. The molecule has 4 nitrogen and oxygen atoms in total. The van der Waals surface area contributed by atoms with Gasteiger partial charge in [-0.05, 0) is 31.0 Å². The average molecular weight is 321 g/mol. The van der Waals surface area contributed by atoms with Crippen LogP contribution in [0.4, 0.5) is 0 Å². The molecule has 114 valence electrons. The molecule has 0 saturated heterocycles. The van der Waals surface area contributed by atoms with Crippen LogP contribution in [0.15, 0.2) is 24.3 Å². The van der Waals surface area contributed by atoms with Crippen LogP contribution in [0.3, 0.4) is 0 Å². The van der Waals surface area contributed by atoms with Gasteiger partial charge in [0.2, 0.25) is 0 Å². The van der Waals surface area contributed by atoms with Crippen molar-refractivity contribution in [3.8, 4) is 5.75 Å². The lowest BCUT2D eigenvalue weighted by Gasteiger charge is -2.19. The van der Waals surface area contributed by atoms with Crippen molar-refractivity contribution in [3.63, 3.8) is 0 Å². The Morgan fingerprint density at radius 1 is 1.45 bits per heavy atom. The molecule has 2 unspecified atom stereocenters. The molecule has 0 bridgehead atoms. The topological polar surface area (TPSA) is 64.3 Å². The second-order valence-corrected chi connectivity index (χ2v) is 4.94. The first-order chi connectivity index (χ1) is 9.08. The first kappa shape index (κ1) is 19.0. The summed E-state index contributed by atoms with van der Waals surface area (Å²) in [5, 5.41) is 3.34. The van der Waals surface area contributed by atoms with E-state index in [1.54, 1.807) is 12.1 Å². The highest BCUT2D eigenvalue weighted by molar-refractivity contribution is 6.32. The second-order valence-electron chi connectivity index (χ2n) is 4.53. The third-order valence-electron chi connectivity index (χ3n) is 2.80. The van der Waals surface area contributed by atoms with E-state index in [1.807, 2.05) is 26.0 Å². The van der Waals surface area contributed by atoms with Crippen molar-refractivity contribution >= 4 is 29.9 Å². The zero-order chi connectivity index (χ0) is 14.3. The predicted octanol–water partition coefficient (Wildman–Crippen LogP) is 2.63. The van der Waals surface area contributed by atoms with Crippen molar-refractivity contribution in [1.82, 2.24) is 5.32 Å². The monoisotopic (exact) mass is 320 g/mol. The minimum atomic E-state index is -0.537. The zero-order valence-electron chi connectivity index (χ0n) is 11.8. The van der Waals surface area contributed by atoms with Crippen LogP contribution in [0, 0.1) is 5.92 Å². The molecule has 1 aromatic carbocycles. The second kappa shape index (κ2) is 9.86. The minimum absolute atomic E-state index is 0. The fourth-order valence-electron chi connectivity index (χ4n) is 1.49. The Kier molecular flexibility index (Phi) is 9.38. The minimum Gasteiger partial charge on any atom is -0.479 e. The van der Waals surface area contributed by atoms with Gasteiger partial charge in [0.1, 0.15) is 5.75 Å². The summed E-state index contributed by atoms with van der Waals surface area (Å²) >= 11 is 6.01. The van der Waals surface area contributed by atoms with Gasteiger partial charge in [0.25, 0.3) is 5.91 Å².